The molecule has 0 aromatic carbocycles. The summed E-state index contributed by atoms with van der Waals surface area (Å²) in [5, 5.41) is 0. The molecule has 1 rings (SSSR count). The van der Waals surface area contributed by atoms with Crippen molar-refractivity contribution in [2.45, 2.75) is 103 Å². The van der Waals surface area contributed by atoms with Gasteiger partial charge in [0, 0.05) is 32.5 Å². The molecule has 160 valence electrons. The first-order valence-corrected chi connectivity index (χ1v) is 12.0. The van der Waals surface area contributed by atoms with Crippen molar-refractivity contribution in [2.24, 2.45) is 10.7 Å². The summed E-state index contributed by atoms with van der Waals surface area (Å²) >= 11 is 0. The average Bonchev–Trinajstić information content (AvgIpc) is 2.72. The molecule has 0 bridgehead atoms. The summed E-state index contributed by atoms with van der Waals surface area (Å²) in [5.41, 5.74) is 5.62. The van der Waals surface area contributed by atoms with Crippen LogP contribution in [0.5, 0.6) is 0 Å². The summed E-state index contributed by atoms with van der Waals surface area (Å²) in [4.78, 5) is 7.29. The van der Waals surface area contributed by atoms with Gasteiger partial charge in [0.05, 0.1) is 5.84 Å². The number of hydrogen-bond donors (Lipinski definition) is 1. The van der Waals surface area contributed by atoms with E-state index in [9.17, 15) is 0 Å². The first-order chi connectivity index (χ1) is 13.9. The maximum atomic E-state index is 5.62. The fourth-order valence-corrected chi connectivity index (χ4v) is 3.61. The minimum absolute atomic E-state index is 0.807. The van der Waals surface area contributed by atoms with Gasteiger partial charge >= 0.3 is 0 Å². The minimum Gasteiger partial charge on any atom is -0.360 e. The molecule has 1 aliphatic heterocycles. The Morgan fingerprint density at radius 2 is 1.82 bits per heavy atom. The zero-order valence-electron chi connectivity index (χ0n) is 18.6. The molecule has 1 aliphatic rings. The van der Waals surface area contributed by atoms with Crippen LogP contribution >= 0.6 is 0 Å². The van der Waals surface area contributed by atoms with Crippen molar-refractivity contribution >= 4 is 5.84 Å². The molecule has 0 saturated heterocycles. The number of allylic oxidation sites excluding steroid dienone is 2. The number of amidine groups is 1. The number of rotatable bonds is 16. The van der Waals surface area contributed by atoms with Crippen LogP contribution in [0.3, 0.4) is 0 Å². The molecule has 0 amide bonds. The van der Waals surface area contributed by atoms with Gasteiger partial charge in [0.25, 0.3) is 0 Å². The molecular weight excluding hydrogens is 342 g/mol. The van der Waals surface area contributed by atoms with Gasteiger partial charge in [0.1, 0.15) is 0 Å². The second kappa shape index (κ2) is 19.1. The number of aliphatic imine (C=N–C) groups is 1. The predicted molar refractivity (Wildman–Crippen MR) is 125 cm³/mol. The van der Waals surface area contributed by atoms with E-state index in [1.54, 1.807) is 0 Å². The number of hydrogen-bond acceptors (Lipinski definition) is 3. The normalized spacial score (nSPS) is 14.2. The molecular formula is C25H45N3. The van der Waals surface area contributed by atoms with E-state index in [4.69, 9.17) is 10.7 Å². The summed E-state index contributed by atoms with van der Waals surface area (Å²) in [7, 11) is 0. The van der Waals surface area contributed by atoms with E-state index in [2.05, 4.69) is 35.8 Å². The Bertz CT molecular complexity index is 470. The van der Waals surface area contributed by atoms with Gasteiger partial charge < -0.3 is 10.6 Å². The molecule has 0 saturated carbocycles. The number of nitrogens with two attached hydrogens (primary N) is 1. The highest BCUT2D eigenvalue weighted by molar-refractivity contribution is 5.82. The Morgan fingerprint density at radius 3 is 2.68 bits per heavy atom. The van der Waals surface area contributed by atoms with Crippen molar-refractivity contribution in [1.82, 2.24) is 4.90 Å². The van der Waals surface area contributed by atoms with Crippen molar-refractivity contribution in [3.05, 3.63) is 12.2 Å². The minimum atomic E-state index is 0.807. The van der Waals surface area contributed by atoms with Crippen LogP contribution in [-0.4, -0.2) is 36.9 Å². The third-order valence-corrected chi connectivity index (χ3v) is 5.36. The monoisotopic (exact) mass is 387 g/mol. The first kappa shape index (κ1) is 24.8. The van der Waals surface area contributed by atoms with Crippen LogP contribution in [-0.2, 0) is 0 Å². The molecule has 0 radical (unpaired) electrons. The molecule has 28 heavy (non-hydrogen) atoms. The van der Waals surface area contributed by atoms with Crippen molar-refractivity contribution in [2.75, 3.05) is 26.2 Å². The second-order valence-corrected chi connectivity index (χ2v) is 7.97. The van der Waals surface area contributed by atoms with Gasteiger partial charge in [0.15, 0.2) is 0 Å². The van der Waals surface area contributed by atoms with Crippen molar-refractivity contribution in [1.29, 1.82) is 0 Å². The molecule has 0 spiro atoms. The third kappa shape index (κ3) is 13.8. The lowest BCUT2D eigenvalue weighted by molar-refractivity contribution is 0.373. The van der Waals surface area contributed by atoms with Gasteiger partial charge in [-0.15, -0.1) is 0 Å². The second-order valence-electron chi connectivity index (χ2n) is 7.97. The van der Waals surface area contributed by atoms with Crippen LogP contribution in [0.25, 0.3) is 0 Å². The highest BCUT2D eigenvalue weighted by Crippen LogP contribution is 2.13. The van der Waals surface area contributed by atoms with Crippen LogP contribution in [0.1, 0.15) is 103 Å². The maximum absolute atomic E-state index is 5.62. The van der Waals surface area contributed by atoms with Gasteiger partial charge in [0.2, 0.25) is 0 Å². The average molecular weight is 388 g/mol. The van der Waals surface area contributed by atoms with E-state index >= 15 is 0 Å². The summed E-state index contributed by atoms with van der Waals surface area (Å²) in [6.07, 6.45) is 23.0. The molecule has 0 aliphatic carbocycles. The highest BCUT2D eigenvalue weighted by Gasteiger charge is 2.13. The van der Waals surface area contributed by atoms with E-state index in [-0.39, 0.29) is 0 Å². The molecule has 0 aromatic rings. The van der Waals surface area contributed by atoms with Gasteiger partial charge in [-0.1, -0.05) is 63.4 Å². The number of nitrogens with zero attached hydrogens (tertiary/aromatic N) is 2. The van der Waals surface area contributed by atoms with Gasteiger partial charge in [-0.25, -0.2) is 0 Å². The van der Waals surface area contributed by atoms with E-state index < -0.39 is 0 Å². The molecule has 0 aromatic heterocycles. The third-order valence-electron chi connectivity index (χ3n) is 5.36. The highest BCUT2D eigenvalue weighted by atomic mass is 15.2. The van der Waals surface area contributed by atoms with Crippen LogP contribution in [0.15, 0.2) is 17.1 Å². The molecule has 1 heterocycles. The van der Waals surface area contributed by atoms with Crippen LogP contribution in [0, 0.1) is 11.8 Å². The molecule has 0 fully saturated rings. The van der Waals surface area contributed by atoms with Crippen LogP contribution in [0.2, 0.25) is 0 Å². The van der Waals surface area contributed by atoms with E-state index in [1.807, 2.05) is 0 Å². The van der Waals surface area contributed by atoms with Gasteiger partial charge in [-0.3, -0.25) is 4.99 Å². The smallest absolute Gasteiger partial charge is 0.0988 e. The molecule has 3 heteroatoms. The Balaban J connectivity index is 1.97. The van der Waals surface area contributed by atoms with E-state index in [0.717, 1.165) is 38.9 Å². The van der Waals surface area contributed by atoms with Gasteiger partial charge in [-0.05, 0) is 57.6 Å². The van der Waals surface area contributed by atoms with Crippen molar-refractivity contribution < 1.29 is 0 Å². The predicted octanol–water partition coefficient (Wildman–Crippen LogP) is 6.09. The van der Waals surface area contributed by atoms with Crippen molar-refractivity contribution in [3.8, 4) is 11.8 Å². The zero-order valence-corrected chi connectivity index (χ0v) is 18.6. The standard InChI is InChI=1S/C25H45N3/c1-2-3-4-5-6-7-8-9-10-11-12-13-14-15-16-20-25-27-22-19-24-28(25)23-18-17-21-26/h9-10H,2-6,11-24,26H2,1H3. The molecule has 0 unspecified atom stereocenters. The lowest BCUT2D eigenvalue weighted by atomic mass is 10.1. The van der Waals surface area contributed by atoms with Crippen molar-refractivity contribution in [3.63, 3.8) is 0 Å². The summed E-state index contributed by atoms with van der Waals surface area (Å²) in [5.74, 6) is 7.79. The fraction of sp³-hybridized carbons (Fsp3) is 0.800. The van der Waals surface area contributed by atoms with Crippen LogP contribution < -0.4 is 5.73 Å². The first-order valence-electron chi connectivity index (χ1n) is 12.0. The van der Waals surface area contributed by atoms with E-state index in [1.165, 1.54) is 89.4 Å². The molecule has 0 atom stereocenters. The SMILES string of the molecule is CCCCCCC#CC=CCCCCCCCC1=NCCCN1CCCCN. The number of unbranched alkanes of at least 4 members (excludes halogenated alkanes) is 10. The Hall–Kier alpha value is -1.27. The topological polar surface area (TPSA) is 41.6 Å². The quantitative estimate of drug-likeness (QED) is 0.257. The summed E-state index contributed by atoms with van der Waals surface area (Å²) < 4.78 is 0. The Labute approximate surface area is 175 Å². The summed E-state index contributed by atoms with van der Waals surface area (Å²) in [6, 6.07) is 0. The van der Waals surface area contributed by atoms with Gasteiger partial charge in [-0.2, -0.15) is 0 Å². The molecule has 2 N–H and O–H groups in total. The fourth-order valence-electron chi connectivity index (χ4n) is 3.61. The maximum Gasteiger partial charge on any atom is 0.0988 e. The lowest BCUT2D eigenvalue weighted by Crippen LogP contribution is -2.36. The largest absolute Gasteiger partial charge is 0.360 e. The summed E-state index contributed by atoms with van der Waals surface area (Å²) in [6.45, 7) is 6.42. The lowest BCUT2D eigenvalue weighted by Gasteiger charge is -2.29. The Kier molecular flexibility index (Phi) is 16.9. The van der Waals surface area contributed by atoms with E-state index in [0.29, 0.717) is 0 Å². The molecule has 3 nitrogen and oxygen atoms in total. The Morgan fingerprint density at radius 1 is 1.00 bits per heavy atom. The van der Waals surface area contributed by atoms with Crippen LogP contribution in [0.4, 0.5) is 0 Å². The zero-order chi connectivity index (χ0) is 20.1.